The van der Waals surface area contributed by atoms with Gasteiger partial charge < -0.3 is 10.6 Å². The third-order valence-corrected chi connectivity index (χ3v) is 4.83. The van der Waals surface area contributed by atoms with Crippen molar-refractivity contribution in [2.75, 3.05) is 17.3 Å². The van der Waals surface area contributed by atoms with E-state index in [1.54, 1.807) is 11.8 Å². The molecule has 0 unspecified atom stereocenters. The molecule has 0 heterocycles. The Morgan fingerprint density at radius 3 is 2.50 bits per heavy atom. The third-order valence-electron chi connectivity index (χ3n) is 4.18. The van der Waals surface area contributed by atoms with Crippen molar-refractivity contribution in [2.24, 2.45) is 0 Å². The van der Waals surface area contributed by atoms with Crippen LogP contribution < -0.4 is 10.6 Å². The maximum atomic E-state index is 12.7. The van der Waals surface area contributed by atoms with E-state index in [1.165, 1.54) is 24.3 Å². The minimum absolute atomic E-state index is 0.142. The Balaban J connectivity index is 2.10. The second-order valence-corrected chi connectivity index (χ2v) is 7.14. The zero-order valence-corrected chi connectivity index (χ0v) is 16.6. The van der Waals surface area contributed by atoms with Crippen molar-refractivity contribution in [1.29, 1.82) is 0 Å². The lowest BCUT2D eigenvalue weighted by molar-refractivity contribution is -0.384. The largest absolute Gasteiger partial charge is 0.340 e. The molecule has 0 bridgehead atoms. The molecule has 2 amide bonds. The van der Waals surface area contributed by atoms with Gasteiger partial charge in [0.1, 0.15) is 6.04 Å². The number of hydrogen-bond acceptors (Lipinski definition) is 5. The van der Waals surface area contributed by atoms with Gasteiger partial charge in [0.15, 0.2) is 0 Å². The summed E-state index contributed by atoms with van der Waals surface area (Å²) in [4.78, 5) is 35.5. The van der Waals surface area contributed by atoms with E-state index in [-0.39, 0.29) is 17.2 Å². The predicted octanol–water partition coefficient (Wildman–Crippen LogP) is 3.65. The van der Waals surface area contributed by atoms with Gasteiger partial charge in [0.25, 0.3) is 11.6 Å². The molecule has 148 valence electrons. The van der Waals surface area contributed by atoms with Gasteiger partial charge in [-0.15, -0.1) is 0 Å². The lowest BCUT2D eigenvalue weighted by Crippen LogP contribution is -2.44. The Morgan fingerprint density at radius 2 is 1.89 bits per heavy atom. The van der Waals surface area contributed by atoms with Crippen LogP contribution in [-0.4, -0.2) is 34.8 Å². The summed E-state index contributed by atoms with van der Waals surface area (Å²) in [5, 5.41) is 16.4. The molecule has 0 aliphatic carbocycles. The van der Waals surface area contributed by atoms with Crippen LogP contribution in [0.1, 0.15) is 29.3 Å². The monoisotopic (exact) mass is 401 g/mol. The van der Waals surface area contributed by atoms with E-state index in [0.29, 0.717) is 17.9 Å². The Bertz CT molecular complexity index is 840. The van der Waals surface area contributed by atoms with Crippen molar-refractivity contribution in [1.82, 2.24) is 5.32 Å². The molecule has 0 aliphatic rings. The van der Waals surface area contributed by atoms with Crippen molar-refractivity contribution >= 4 is 35.0 Å². The highest BCUT2D eigenvalue weighted by atomic mass is 32.2. The molecule has 0 radical (unpaired) electrons. The number of aryl methyl sites for hydroxylation is 1. The van der Waals surface area contributed by atoms with Gasteiger partial charge >= 0.3 is 0 Å². The van der Waals surface area contributed by atoms with Gasteiger partial charge in [0.2, 0.25) is 5.91 Å². The SMILES string of the molecule is CCc1ccc(NC(=O)[C@@H](CCSC)NC(=O)c2cccc([N+](=O)[O-])c2)cc1. The minimum Gasteiger partial charge on any atom is -0.340 e. The molecule has 8 heteroatoms. The van der Waals surface area contributed by atoms with Crippen molar-refractivity contribution in [3.63, 3.8) is 0 Å². The number of nitro groups is 1. The number of carbonyl (C=O) groups is 2. The van der Waals surface area contributed by atoms with Crippen LogP contribution in [0, 0.1) is 10.1 Å². The van der Waals surface area contributed by atoms with Gasteiger partial charge in [-0.05, 0) is 48.6 Å². The maximum absolute atomic E-state index is 12.7. The summed E-state index contributed by atoms with van der Waals surface area (Å²) in [6.07, 6.45) is 3.27. The number of carbonyl (C=O) groups excluding carboxylic acids is 2. The first-order valence-electron chi connectivity index (χ1n) is 8.88. The van der Waals surface area contributed by atoms with E-state index in [0.717, 1.165) is 12.0 Å². The van der Waals surface area contributed by atoms with Crippen molar-refractivity contribution in [3.05, 3.63) is 69.8 Å². The lowest BCUT2D eigenvalue weighted by Gasteiger charge is -2.18. The average molecular weight is 401 g/mol. The van der Waals surface area contributed by atoms with E-state index in [1.807, 2.05) is 30.5 Å². The molecule has 0 aromatic heterocycles. The summed E-state index contributed by atoms with van der Waals surface area (Å²) >= 11 is 1.57. The van der Waals surface area contributed by atoms with Crippen LogP contribution in [0.15, 0.2) is 48.5 Å². The Kier molecular flexibility index (Phi) is 8.01. The molecule has 0 aliphatic heterocycles. The van der Waals surface area contributed by atoms with Crippen LogP contribution >= 0.6 is 11.8 Å². The first-order valence-corrected chi connectivity index (χ1v) is 10.3. The molecule has 0 spiro atoms. The summed E-state index contributed by atoms with van der Waals surface area (Å²) in [6, 6.07) is 12.2. The van der Waals surface area contributed by atoms with E-state index in [9.17, 15) is 19.7 Å². The predicted molar refractivity (Wildman–Crippen MR) is 112 cm³/mol. The van der Waals surface area contributed by atoms with E-state index in [4.69, 9.17) is 0 Å². The van der Waals surface area contributed by atoms with Crippen molar-refractivity contribution in [3.8, 4) is 0 Å². The first kappa shape index (κ1) is 21.4. The fourth-order valence-electron chi connectivity index (χ4n) is 2.56. The standard InChI is InChI=1S/C20H23N3O4S/c1-3-14-7-9-16(10-8-14)21-20(25)18(11-12-28-2)22-19(24)15-5-4-6-17(13-15)23(26)27/h4-10,13,18H,3,11-12H2,1-2H3,(H,21,25)(H,22,24)/t18-/m1/s1. The molecule has 2 rings (SSSR count). The number of thioether (sulfide) groups is 1. The lowest BCUT2D eigenvalue weighted by atomic mass is 10.1. The second kappa shape index (κ2) is 10.5. The van der Waals surface area contributed by atoms with E-state index >= 15 is 0 Å². The summed E-state index contributed by atoms with van der Waals surface area (Å²) in [6.45, 7) is 2.05. The Hall–Kier alpha value is -2.87. The van der Waals surface area contributed by atoms with Gasteiger partial charge in [-0.1, -0.05) is 25.1 Å². The van der Waals surface area contributed by atoms with E-state index in [2.05, 4.69) is 17.6 Å². The highest BCUT2D eigenvalue weighted by Gasteiger charge is 2.22. The number of amides is 2. The summed E-state index contributed by atoms with van der Waals surface area (Å²) in [5.41, 5.74) is 1.79. The molecule has 0 saturated heterocycles. The van der Waals surface area contributed by atoms with Crippen LogP contribution in [-0.2, 0) is 11.2 Å². The number of hydrogen-bond donors (Lipinski definition) is 2. The fraction of sp³-hybridized carbons (Fsp3) is 0.300. The third kappa shape index (κ3) is 6.09. The number of anilines is 1. The average Bonchev–Trinajstić information content (AvgIpc) is 2.71. The summed E-state index contributed by atoms with van der Waals surface area (Å²) in [5.74, 6) is -0.161. The molecule has 28 heavy (non-hydrogen) atoms. The van der Waals surface area contributed by atoms with Crippen LogP contribution in [0.25, 0.3) is 0 Å². The number of nitrogens with zero attached hydrogens (tertiary/aromatic N) is 1. The molecular formula is C20H23N3O4S. The van der Waals surface area contributed by atoms with E-state index < -0.39 is 16.9 Å². The van der Waals surface area contributed by atoms with Crippen LogP contribution in [0.3, 0.4) is 0 Å². The molecule has 0 saturated carbocycles. The molecular weight excluding hydrogens is 378 g/mol. The van der Waals surface area contributed by atoms with Gasteiger partial charge in [0.05, 0.1) is 4.92 Å². The normalized spacial score (nSPS) is 11.5. The number of rotatable bonds is 9. The molecule has 7 nitrogen and oxygen atoms in total. The Morgan fingerprint density at radius 1 is 1.18 bits per heavy atom. The number of non-ortho nitro benzene ring substituents is 1. The molecule has 2 aromatic rings. The smallest absolute Gasteiger partial charge is 0.270 e. The van der Waals surface area contributed by atoms with Crippen LogP contribution in [0.5, 0.6) is 0 Å². The van der Waals surface area contributed by atoms with Gasteiger partial charge in [-0.25, -0.2) is 0 Å². The Labute approximate surface area is 168 Å². The highest BCUT2D eigenvalue weighted by Crippen LogP contribution is 2.15. The quantitative estimate of drug-likeness (QED) is 0.493. The topological polar surface area (TPSA) is 101 Å². The van der Waals surface area contributed by atoms with Crippen molar-refractivity contribution in [2.45, 2.75) is 25.8 Å². The van der Waals surface area contributed by atoms with Crippen molar-refractivity contribution < 1.29 is 14.5 Å². The molecule has 1 atom stereocenters. The number of nitro benzene ring substituents is 1. The number of benzene rings is 2. The zero-order valence-electron chi connectivity index (χ0n) is 15.8. The fourth-order valence-corrected chi connectivity index (χ4v) is 3.03. The maximum Gasteiger partial charge on any atom is 0.270 e. The van der Waals surface area contributed by atoms with Crippen LogP contribution in [0.4, 0.5) is 11.4 Å². The summed E-state index contributed by atoms with van der Waals surface area (Å²) in [7, 11) is 0. The molecule has 2 aromatic carbocycles. The van der Waals surface area contributed by atoms with Gasteiger partial charge in [-0.2, -0.15) is 11.8 Å². The van der Waals surface area contributed by atoms with Gasteiger partial charge in [0, 0.05) is 23.4 Å². The minimum atomic E-state index is -0.745. The summed E-state index contributed by atoms with van der Waals surface area (Å²) < 4.78 is 0. The molecule has 0 fully saturated rings. The zero-order chi connectivity index (χ0) is 20.5. The van der Waals surface area contributed by atoms with Crippen LogP contribution in [0.2, 0.25) is 0 Å². The molecule has 2 N–H and O–H groups in total. The number of nitrogens with one attached hydrogen (secondary N) is 2. The van der Waals surface area contributed by atoms with Gasteiger partial charge in [-0.3, -0.25) is 19.7 Å². The highest BCUT2D eigenvalue weighted by molar-refractivity contribution is 7.98. The first-order chi connectivity index (χ1) is 13.4. The second-order valence-electron chi connectivity index (χ2n) is 6.15.